The minimum Gasteiger partial charge on any atom is -0.368 e. The van der Waals surface area contributed by atoms with E-state index in [-0.39, 0.29) is 0 Å². The quantitative estimate of drug-likeness (QED) is 0.870. The fourth-order valence-corrected chi connectivity index (χ4v) is 2.39. The molecule has 2 N–H and O–H groups in total. The Balaban J connectivity index is 2.21. The molecule has 1 saturated carbocycles. The first kappa shape index (κ1) is 12.7. The van der Waals surface area contributed by atoms with Gasteiger partial charge in [0.25, 0.3) is 0 Å². The molecule has 0 atom stereocenters. The third-order valence-electron chi connectivity index (χ3n) is 3.33. The zero-order valence-corrected chi connectivity index (χ0v) is 11.4. The van der Waals surface area contributed by atoms with E-state index in [1.54, 1.807) is 0 Å². The first-order valence-corrected chi connectivity index (χ1v) is 6.74. The summed E-state index contributed by atoms with van der Waals surface area (Å²) in [4.78, 5) is 2.40. The lowest BCUT2D eigenvalue weighted by atomic mass is 10.1. The van der Waals surface area contributed by atoms with Gasteiger partial charge in [0.05, 0.1) is 10.7 Å². The van der Waals surface area contributed by atoms with Gasteiger partial charge in [0, 0.05) is 19.1 Å². The normalized spacial score (nSPS) is 15.4. The second-order valence-electron chi connectivity index (χ2n) is 5.18. The van der Waals surface area contributed by atoms with Crippen LogP contribution in [0.5, 0.6) is 0 Å². The zero-order valence-electron chi connectivity index (χ0n) is 10.6. The van der Waals surface area contributed by atoms with E-state index in [0.29, 0.717) is 12.6 Å². The summed E-state index contributed by atoms with van der Waals surface area (Å²) >= 11 is 6.35. The number of halogens is 1. The second kappa shape index (κ2) is 5.28. The summed E-state index contributed by atoms with van der Waals surface area (Å²) in [6, 6.07) is 6.65. The molecule has 3 heteroatoms. The van der Waals surface area contributed by atoms with Gasteiger partial charge in [0.2, 0.25) is 0 Å². The summed E-state index contributed by atoms with van der Waals surface area (Å²) in [5.74, 6) is 0.864. The predicted octanol–water partition coefficient (Wildman–Crippen LogP) is 3.42. The minimum absolute atomic E-state index is 0.483. The van der Waals surface area contributed by atoms with Crippen molar-refractivity contribution in [2.45, 2.75) is 39.3 Å². The third kappa shape index (κ3) is 3.14. The van der Waals surface area contributed by atoms with Crippen molar-refractivity contribution in [1.29, 1.82) is 0 Å². The number of hydrogen-bond donors (Lipinski definition) is 1. The van der Waals surface area contributed by atoms with E-state index < -0.39 is 0 Å². The highest BCUT2D eigenvalue weighted by atomic mass is 35.5. The van der Waals surface area contributed by atoms with Crippen LogP contribution in [0.2, 0.25) is 5.02 Å². The lowest BCUT2D eigenvalue weighted by Gasteiger charge is -2.30. The SMILES string of the molecule is CC(C)N(CC1CC1)c1ccc(CN)cc1Cl. The fraction of sp³-hybridized carbons (Fsp3) is 0.571. The van der Waals surface area contributed by atoms with Crippen molar-refractivity contribution < 1.29 is 0 Å². The van der Waals surface area contributed by atoms with E-state index in [1.807, 2.05) is 6.07 Å². The van der Waals surface area contributed by atoms with Crippen LogP contribution in [0.4, 0.5) is 5.69 Å². The van der Waals surface area contributed by atoms with Crippen LogP contribution in [0.15, 0.2) is 18.2 Å². The van der Waals surface area contributed by atoms with E-state index in [2.05, 4.69) is 30.9 Å². The van der Waals surface area contributed by atoms with Crippen molar-refractivity contribution in [2.75, 3.05) is 11.4 Å². The van der Waals surface area contributed by atoms with Gasteiger partial charge in [0.15, 0.2) is 0 Å². The van der Waals surface area contributed by atoms with Crippen molar-refractivity contribution in [3.63, 3.8) is 0 Å². The van der Waals surface area contributed by atoms with Crippen molar-refractivity contribution in [3.05, 3.63) is 28.8 Å². The molecule has 0 saturated heterocycles. The first-order valence-electron chi connectivity index (χ1n) is 6.37. The molecule has 0 unspecified atom stereocenters. The molecule has 0 heterocycles. The van der Waals surface area contributed by atoms with Gasteiger partial charge in [-0.05, 0) is 50.3 Å². The summed E-state index contributed by atoms with van der Waals surface area (Å²) in [5.41, 5.74) is 7.86. The Labute approximate surface area is 109 Å². The first-order chi connectivity index (χ1) is 8.11. The number of benzene rings is 1. The van der Waals surface area contributed by atoms with E-state index in [0.717, 1.165) is 28.7 Å². The molecule has 2 nitrogen and oxygen atoms in total. The molecule has 0 aromatic heterocycles. The number of anilines is 1. The van der Waals surface area contributed by atoms with E-state index in [1.165, 1.54) is 12.8 Å². The average Bonchev–Trinajstić information content (AvgIpc) is 3.10. The van der Waals surface area contributed by atoms with Gasteiger partial charge in [-0.25, -0.2) is 0 Å². The molecule has 0 amide bonds. The Morgan fingerprint density at radius 3 is 2.59 bits per heavy atom. The van der Waals surface area contributed by atoms with Crippen LogP contribution in [0.3, 0.4) is 0 Å². The van der Waals surface area contributed by atoms with Gasteiger partial charge >= 0.3 is 0 Å². The van der Waals surface area contributed by atoms with Crippen LogP contribution in [0, 0.1) is 5.92 Å². The number of nitrogens with two attached hydrogens (primary N) is 1. The molecule has 1 aliphatic carbocycles. The largest absolute Gasteiger partial charge is 0.368 e. The maximum absolute atomic E-state index is 6.35. The Bertz CT molecular complexity index is 386. The highest BCUT2D eigenvalue weighted by Gasteiger charge is 2.26. The van der Waals surface area contributed by atoms with Gasteiger partial charge in [-0.2, -0.15) is 0 Å². The molecule has 17 heavy (non-hydrogen) atoms. The average molecular weight is 253 g/mol. The Kier molecular flexibility index (Phi) is 3.95. The van der Waals surface area contributed by atoms with E-state index in [4.69, 9.17) is 17.3 Å². The second-order valence-corrected chi connectivity index (χ2v) is 5.59. The third-order valence-corrected chi connectivity index (χ3v) is 3.64. The predicted molar refractivity (Wildman–Crippen MR) is 74.5 cm³/mol. The van der Waals surface area contributed by atoms with Crippen LogP contribution in [0.1, 0.15) is 32.3 Å². The summed E-state index contributed by atoms with van der Waals surface area (Å²) in [7, 11) is 0. The van der Waals surface area contributed by atoms with Gasteiger partial charge in [-0.1, -0.05) is 17.7 Å². The molecular weight excluding hydrogens is 232 g/mol. The Morgan fingerprint density at radius 1 is 1.41 bits per heavy atom. The van der Waals surface area contributed by atoms with Gasteiger partial charge in [-0.15, -0.1) is 0 Å². The summed E-state index contributed by atoms with van der Waals surface area (Å²) < 4.78 is 0. The highest BCUT2D eigenvalue weighted by Crippen LogP contribution is 2.35. The maximum Gasteiger partial charge on any atom is 0.0642 e. The fourth-order valence-electron chi connectivity index (χ4n) is 2.08. The topological polar surface area (TPSA) is 29.3 Å². The highest BCUT2D eigenvalue weighted by molar-refractivity contribution is 6.33. The molecule has 0 radical (unpaired) electrons. The standard InChI is InChI=1S/C14H21ClN2/c1-10(2)17(9-11-3-4-11)14-6-5-12(8-16)7-13(14)15/h5-7,10-11H,3-4,8-9,16H2,1-2H3. The van der Waals surface area contributed by atoms with Gasteiger partial charge in [-0.3, -0.25) is 0 Å². The van der Waals surface area contributed by atoms with Crippen molar-refractivity contribution >= 4 is 17.3 Å². The summed E-state index contributed by atoms with van der Waals surface area (Å²) in [6.07, 6.45) is 2.73. The molecule has 1 aromatic carbocycles. The molecule has 2 rings (SSSR count). The Hall–Kier alpha value is -0.730. The van der Waals surface area contributed by atoms with Crippen molar-refractivity contribution in [1.82, 2.24) is 0 Å². The molecule has 1 fully saturated rings. The zero-order chi connectivity index (χ0) is 12.4. The smallest absolute Gasteiger partial charge is 0.0642 e. The minimum atomic E-state index is 0.483. The number of hydrogen-bond acceptors (Lipinski definition) is 2. The van der Waals surface area contributed by atoms with Crippen molar-refractivity contribution in [2.24, 2.45) is 11.7 Å². The molecule has 1 aromatic rings. The molecule has 0 aliphatic heterocycles. The van der Waals surface area contributed by atoms with Crippen molar-refractivity contribution in [3.8, 4) is 0 Å². The van der Waals surface area contributed by atoms with Gasteiger partial charge < -0.3 is 10.6 Å². The van der Waals surface area contributed by atoms with E-state index in [9.17, 15) is 0 Å². The molecule has 0 spiro atoms. The number of nitrogens with zero attached hydrogens (tertiary/aromatic N) is 1. The van der Waals surface area contributed by atoms with Gasteiger partial charge in [0.1, 0.15) is 0 Å². The van der Waals surface area contributed by atoms with Crippen LogP contribution in [-0.2, 0) is 6.54 Å². The molecule has 1 aliphatic rings. The monoisotopic (exact) mass is 252 g/mol. The molecular formula is C14H21ClN2. The van der Waals surface area contributed by atoms with E-state index >= 15 is 0 Å². The molecule has 94 valence electrons. The summed E-state index contributed by atoms with van der Waals surface area (Å²) in [6.45, 7) is 6.11. The maximum atomic E-state index is 6.35. The summed E-state index contributed by atoms with van der Waals surface area (Å²) in [5, 5.41) is 0.822. The van der Waals surface area contributed by atoms with Crippen LogP contribution >= 0.6 is 11.6 Å². The number of rotatable bonds is 5. The van der Waals surface area contributed by atoms with Crippen LogP contribution in [-0.4, -0.2) is 12.6 Å². The lowest BCUT2D eigenvalue weighted by Crippen LogP contribution is -2.33. The van der Waals surface area contributed by atoms with Crippen LogP contribution in [0.25, 0.3) is 0 Å². The molecule has 0 bridgehead atoms. The van der Waals surface area contributed by atoms with Crippen LogP contribution < -0.4 is 10.6 Å². The Morgan fingerprint density at radius 2 is 2.12 bits per heavy atom. The lowest BCUT2D eigenvalue weighted by molar-refractivity contribution is 0.645.